The molecule has 0 aliphatic carbocycles. The zero-order chi connectivity index (χ0) is 22.7. The van der Waals surface area contributed by atoms with Crippen LogP contribution in [0, 0.1) is 19.7 Å². The van der Waals surface area contributed by atoms with Crippen molar-refractivity contribution in [2.24, 2.45) is 0 Å². The molecule has 32 heavy (non-hydrogen) atoms. The van der Waals surface area contributed by atoms with Crippen LogP contribution < -0.4 is 10.1 Å². The van der Waals surface area contributed by atoms with E-state index in [1.54, 1.807) is 23.9 Å². The molecule has 2 aromatic heterocycles. The van der Waals surface area contributed by atoms with Crippen LogP contribution in [-0.2, 0) is 17.8 Å². The van der Waals surface area contributed by atoms with Crippen molar-refractivity contribution in [3.63, 3.8) is 0 Å². The summed E-state index contributed by atoms with van der Waals surface area (Å²) in [6, 6.07) is 16.0. The van der Waals surface area contributed by atoms with Crippen LogP contribution in [0.25, 0.3) is 16.7 Å². The minimum atomic E-state index is -0.342. The number of fused-ring (bicyclic) bond motifs is 1. The first-order chi connectivity index (χ1) is 15.5. The monoisotopic (exact) mass is 432 g/mol. The Bertz CT molecular complexity index is 1270. The number of halogens is 1. The molecule has 0 radical (unpaired) electrons. The van der Waals surface area contributed by atoms with Crippen molar-refractivity contribution >= 4 is 16.9 Å². The van der Waals surface area contributed by atoms with Gasteiger partial charge >= 0.3 is 0 Å². The molecule has 6 nitrogen and oxygen atoms in total. The lowest BCUT2D eigenvalue weighted by molar-refractivity contribution is -0.121. The number of amides is 1. The second kappa shape index (κ2) is 9.18. The fourth-order valence-corrected chi connectivity index (χ4v) is 3.91. The van der Waals surface area contributed by atoms with Crippen LogP contribution in [0.1, 0.15) is 28.8 Å². The number of hydrogen-bond donors (Lipinski definition) is 1. The fourth-order valence-electron chi connectivity index (χ4n) is 3.91. The predicted octanol–water partition coefficient (Wildman–Crippen LogP) is 4.43. The Hall–Kier alpha value is -3.74. The molecular weight excluding hydrogens is 407 g/mol. The maximum Gasteiger partial charge on any atom is 0.220 e. The molecule has 0 saturated carbocycles. The normalized spacial score (nSPS) is 11.0. The van der Waals surface area contributed by atoms with Crippen LogP contribution in [0.4, 0.5) is 4.39 Å². The molecule has 1 amide bonds. The number of aromatic nitrogens is 3. The van der Waals surface area contributed by atoms with Gasteiger partial charge < -0.3 is 10.1 Å². The van der Waals surface area contributed by atoms with E-state index in [1.807, 2.05) is 44.2 Å². The highest BCUT2D eigenvalue weighted by molar-refractivity contribution is 5.86. The highest BCUT2D eigenvalue weighted by atomic mass is 19.1. The highest BCUT2D eigenvalue weighted by Gasteiger charge is 2.20. The third-order valence-corrected chi connectivity index (χ3v) is 5.51. The zero-order valence-electron chi connectivity index (χ0n) is 18.4. The first-order valence-corrected chi connectivity index (χ1v) is 10.5. The largest absolute Gasteiger partial charge is 0.481 e. The SMILES string of the molecule is COc1nc2c(c(C)nn2-c2cccc(F)c2)c(C)c1CCC(=O)NCc1ccccc1. The van der Waals surface area contributed by atoms with E-state index in [2.05, 4.69) is 15.4 Å². The van der Waals surface area contributed by atoms with Crippen molar-refractivity contribution in [1.82, 2.24) is 20.1 Å². The van der Waals surface area contributed by atoms with Crippen LogP contribution in [0.5, 0.6) is 5.88 Å². The average Bonchev–Trinajstić information content (AvgIpc) is 3.14. The lowest BCUT2D eigenvalue weighted by Gasteiger charge is -2.13. The molecule has 0 fully saturated rings. The number of benzene rings is 2. The summed E-state index contributed by atoms with van der Waals surface area (Å²) in [7, 11) is 1.56. The van der Waals surface area contributed by atoms with Crippen LogP contribution in [0.3, 0.4) is 0 Å². The Morgan fingerprint density at radius 1 is 1.12 bits per heavy atom. The minimum absolute atomic E-state index is 0.0393. The number of pyridine rings is 1. The smallest absolute Gasteiger partial charge is 0.220 e. The Kier molecular flexibility index (Phi) is 6.16. The van der Waals surface area contributed by atoms with Gasteiger partial charge in [0.05, 0.1) is 18.5 Å². The van der Waals surface area contributed by atoms with E-state index in [9.17, 15) is 9.18 Å². The molecule has 0 atom stereocenters. The third kappa shape index (κ3) is 4.32. The molecule has 164 valence electrons. The first-order valence-electron chi connectivity index (χ1n) is 10.5. The molecule has 1 N–H and O–H groups in total. The molecule has 0 aliphatic heterocycles. The third-order valence-electron chi connectivity index (χ3n) is 5.51. The van der Waals surface area contributed by atoms with Gasteiger partial charge in [0.1, 0.15) is 5.82 Å². The topological polar surface area (TPSA) is 69.0 Å². The molecule has 0 aliphatic rings. The van der Waals surface area contributed by atoms with Crippen molar-refractivity contribution in [1.29, 1.82) is 0 Å². The van der Waals surface area contributed by atoms with Gasteiger partial charge in [-0.1, -0.05) is 36.4 Å². The zero-order valence-corrected chi connectivity index (χ0v) is 18.4. The lowest BCUT2D eigenvalue weighted by atomic mass is 10.0. The number of ether oxygens (including phenoxy) is 1. The van der Waals surface area contributed by atoms with Crippen LogP contribution in [-0.4, -0.2) is 27.8 Å². The second-order valence-electron chi connectivity index (χ2n) is 7.66. The number of nitrogens with zero attached hydrogens (tertiary/aromatic N) is 3. The molecule has 0 saturated heterocycles. The molecule has 4 aromatic rings. The molecule has 4 rings (SSSR count). The number of hydrogen-bond acceptors (Lipinski definition) is 4. The molecule has 0 spiro atoms. The van der Waals surface area contributed by atoms with Gasteiger partial charge in [-0.2, -0.15) is 10.1 Å². The number of rotatable bonds is 7. The highest BCUT2D eigenvalue weighted by Crippen LogP contribution is 2.31. The van der Waals surface area contributed by atoms with Gasteiger partial charge in [0, 0.05) is 23.9 Å². The van der Waals surface area contributed by atoms with Gasteiger partial charge in [-0.3, -0.25) is 4.79 Å². The fraction of sp³-hybridized carbons (Fsp3) is 0.240. The lowest BCUT2D eigenvalue weighted by Crippen LogP contribution is -2.23. The van der Waals surface area contributed by atoms with Crippen molar-refractivity contribution in [2.75, 3.05) is 7.11 Å². The summed E-state index contributed by atoms with van der Waals surface area (Å²) >= 11 is 0. The minimum Gasteiger partial charge on any atom is -0.481 e. The summed E-state index contributed by atoms with van der Waals surface area (Å²) in [6.07, 6.45) is 0.803. The van der Waals surface area contributed by atoms with E-state index < -0.39 is 0 Å². The van der Waals surface area contributed by atoms with Crippen molar-refractivity contribution in [2.45, 2.75) is 33.2 Å². The number of methoxy groups -OCH3 is 1. The molecule has 0 bridgehead atoms. The number of carbonyl (C=O) groups is 1. The van der Waals surface area contributed by atoms with Crippen molar-refractivity contribution < 1.29 is 13.9 Å². The van der Waals surface area contributed by atoms with E-state index in [-0.39, 0.29) is 11.7 Å². The summed E-state index contributed by atoms with van der Waals surface area (Å²) < 4.78 is 21.0. The predicted molar refractivity (Wildman–Crippen MR) is 121 cm³/mol. The Morgan fingerprint density at radius 3 is 2.62 bits per heavy atom. The summed E-state index contributed by atoms with van der Waals surface area (Å²) in [6.45, 7) is 4.37. The summed E-state index contributed by atoms with van der Waals surface area (Å²) in [5.41, 5.74) is 4.86. The number of nitrogens with one attached hydrogen (secondary N) is 1. The average molecular weight is 432 g/mol. The Labute approximate surface area is 186 Å². The van der Waals surface area contributed by atoms with Crippen molar-refractivity contribution in [3.05, 3.63) is 82.8 Å². The van der Waals surface area contributed by atoms with E-state index >= 15 is 0 Å². The van der Waals surface area contributed by atoms with Gasteiger partial charge in [0.15, 0.2) is 5.65 Å². The van der Waals surface area contributed by atoms with Gasteiger partial charge in [-0.05, 0) is 49.6 Å². The standard InChI is InChI=1S/C25H25FN4O2/c1-16-21(12-13-22(31)27-15-18-8-5-4-6-9-18)25(32-3)28-24-23(16)17(2)29-30(24)20-11-7-10-19(26)14-20/h4-11,14H,12-13,15H2,1-3H3,(H,27,31). The maximum absolute atomic E-state index is 13.8. The van der Waals surface area contributed by atoms with Crippen molar-refractivity contribution in [3.8, 4) is 11.6 Å². The molecule has 0 unspecified atom stereocenters. The molecule has 2 aromatic carbocycles. The summed E-state index contributed by atoms with van der Waals surface area (Å²) in [5, 5.41) is 8.43. The quantitative estimate of drug-likeness (QED) is 0.469. The van der Waals surface area contributed by atoms with E-state index in [0.717, 1.165) is 27.8 Å². The van der Waals surface area contributed by atoms with Gasteiger partial charge in [-0.15, -0.1) is 0 Å². The maximum atomic E-state index is 13.8. The molecule has 7 heteroatoms. The van der Waals surface area contributed by atoms with Gasteiger partial charge in [0.25, 0.3) is 0 Å². The Balaban J connectivity index is 1.60. The number of carbonyl (C=O) groups excluding carboxylic acids is 1. The van der Waals surface area contributed by atoms with Crippen LogP contribution >= 0.6 is 0 Å². The van der Waals surface area contributed by atoms with Crippen LogP contribution in [0.15, 0.2) is 54.6 Å². The number of aryl methyl sites for hydroxylation is 2. The van der Waals surface area contributed by atoms with Gasteiger partial charge in [-0.25, -0.2) is 9.07 Å². The molecule has 2 heterocycles. The summed E-state index contributed by atoms with van der Waals surface area (Å²) in [4.78, 5) is 17.1. The first kappa shape index (κ1) is 21.5. The summed E-state index contributed by atoms with van der Waals surface area (Å²) in [5.74, 6) is 0.0663. The van der Waals surface area contributed by atoms with Gasteiger partial charge in [0.2, 0.25) is 11.8 Å². The van der Waals surface area contributed by atoms with E-state index in [0.29, 0.717) is 36.6 Å². The molecular formula is C25H25FN4O2. The van der Waals surface area contributed by atoms with E-state index in [4.69, 9.17) is 4.74 Å². The van der Waals surface area contributed by atoms with E-state index in [1.165, 1.54) is 12.1 Å². The second-order valence-corrected chi connectivity index (χ2v) is 7.66. The van der Waals surface area contributed by atoms with Crippen LogP contribution in [0.2, 0.25) is 0 Å². The Morgan fingerprint density at radius 2 is 1.91 bits per heavy atom.